The van der Waals surface area contributed by atoms with Crippen molar-refractivity contribution >= 4 is 21.5 Å². The first-order valence-corrected chi connectivity index (χ1v) is 14.8. The summed E-state index contributed by atoms with van der Waals surface area (Å²) in [5.74, 6) is 3.37. The van der Waals surface area contributed by atoms with Crippen LogP contribution in [-0.4, -0.2) is 0 Å². The van der Waals surface area contributed by atoms with Crippen molar-refractivity contribution in [3.63, 3.8) is 0 Å². The molecule has 1 atom stereocenters. The molecule has 2 aliphatic heterocycles. The van der Waals surface area contributed by atoms with Crippen molar-refractivity contribution < 1.29 is 9.47 Å². The summed E-state index contributed by atoms with van der Waals surface area (Å²) < 4.78 is 12.5. The SMILES string of the molecule is C=C1C=C[C@H](C)C2=C(Cc3cc(-c4c5ccccc5c(-c5cccc(-c6ccccc6)c5)c5ccccc45)ccc3O2)O1. The zero-order valence-electron chi connectivity index (χ0n) is 24.0. The molecule has 0 fully saturated rings. The highest BCUT2D eigenvalue weighted by atomic mass is 16.5. The third kappa shape index (κ3) is 4.35. The summed E-state index contributed by atoms with van der Waals surface area (Å²) in [6, 6.07) is 43.7. The lowest BCUT2D eigenvalue weighted by Gasteiger charge is -2.25. The summed E-state index contributed by atoms with van der Waals surface area (Å²) in [5, 5.41) is 4.94. The van der Waals surface area contributed by atoms with Gasteiger partial charge in [-0.1, -0.05) is 123 Å². The van der Waals surface area contributed by atoms with E-state index < -0.39 is 0 Å². The van der Waals surface area contributed by atoms with Crippen molar-refractivity contribution in [2.24, 2.45) is 5.92 Å². The fraction of sp³-hybridized carbons (Fsp3) is 0.0732. The van der Waals surface area contributed by atoms with Gasteiger partial charge in [0.15, 0.2) is 0 Å². The Morgan fingerprint density at radius 1 is 0.581 bits per heavy atom. The first-order chi connectivity index (χ1) is 21.1. The number of allylic oxidation sites excluding steroid dienone is 3. The van der Waals surface area contributed by atoms with E-state index in [9.17, 15) is 0 Å². The van der Waals surface area contributed by atoms with Gasteiger partial charge in [-0.05, 0) is 79.2 Å². The molecule has 0 amide bonds. The zero-order valence-corrected chi connectivity index (χ0v) is 24.0. The second-order valence-electron chi connectivity index (χ2n) is 11.4. The molecule has 2 heteroatoms. The Morgan fingerprint density at radius 2 is 1.16 bits per heavy atom. The Labute approximate surface area is 251 Å². The van der Waals surface area contributed by atoms with Crippen LogP contribution < -0.4 is 4.74 Å². The quantitative estimate of drug-likeness (QED) is 0.203. The van der Waals surface area contributed by atoms with Gasteiger partial charge < -0.3 is 9.47 Å². The normalized spacial score (nSPS) is 15.9. The van der Waals surface area contributed by atoms with E-state index >= 15 is 0 Å². The number of hydrogen-bond acceptors (Lipinski definition) is 2. The molecular weight excluding hydrogens is 524 g/mol. The summed E-state index contributed by atoms with van der Waals surface area (Å²) in [7, 11) is 0. The summed E-state index contributed by atoms with van der Waals surface area (Å²) in [5.41, 5.74) is 8.43. The van der Waals surface area contributed by atoms with Gasteiger partial charge in [0, 0.05) is 17.9 Å². The van der Waals surface area contributed by atoms with Crippen molar-refractivity contribution in [1.82, 2.24) is 0 Å². The Bertz CT molecular complexity index is 2070. The summed E-state index contributed by atoms with van der Waals surface area (Å²) in [6.07, 6.45) is 4.68. The Kier molecular flexibility index (Phi) is 6.01. The van der Waals surface area contributed by atoms with Gasteiger partial charge in [-0.3, -0.25) is 0 Å². The number of benzene rings is 6. The maximum absolute atomic E-state index is 6.43. The van der Waals surface area contributed by atoms with Gasteiger partial charge in [0.2, 0.25) is 0 Å². The average molecular weight is 555 g/mol. The van der Waals surface area contributed by atoms with E-state index in [4.69, 9.17) is 9.47 Å². The molecule has 0 bridgehead atoms. The summed E-state index contributed by atoms with van der Waals surface area (Å²) in [4.78, 5) is 0. The third-order valence-electron chi connectivity index (χ3n) is 8.62. The fourth-order valence-corrected chi connectivity index (χ4v) is 6.61. The predicted molar refractivity (Wildman–Crippen MR) is 178 cm³/mol. The largest absolute Gasteiger partial charge is 0.458 e. The van der Waals surface area contributed by atoms with Gasteiger partial charge in [-0.25, -0.2) is 0 Å². The van der Waals surface area contributed by atoms with Crippen LogP contribution in [0.2, 0.25) is 0 Å². The molecule has 0 radical (unpaired) electrons. The minimum atomic E-state index is 0.128. The van der Waals surface area contributed by atoms with E-state index in [1.165, 1.54) is 54.9 Å². The van der Waals surface area contributed by atoms with Crippen molar-refractivity contribution in [2.75, 3.05) is 0 Å². The van der Waals surface area contributed by atoms with Gasteiger partial charge in [0.05, 0.1) is 0 Å². The lowest BCUT2D eigenvalue weighted by molar-refractivity contribution is 0.253. The zero-order chi connectivity index (χ0) is 28.9. The van der Waals surface area contributed by atoms with Gasteiger partial charge in [0.25, 0.3) is 0 Å². The molecule has 0 saturated heterocycles. The highest BCUT2D eigenvalue weighted by Gasteiger charge is 2.27. The minimum absolute atomic E-state index is 0.128. The Hall–Kier alpha value is -5.34. The molecular formula is C41H30O2. The number of hydrogen-bond donors (Lipinski definition) is 0. The molecule has 0 saturated carbocycles. The van der Waals surface area contributed by atoms with E-state index in [1.54, 1.807) is 0 Å². The minimum Gasteiger partial charge on any atom is -0.458 e. The molecule has 0 spiro atoms. The smallest absolute Gasteiger partial charge is 0.149 e. The highest BCUT2D eigenvalue weighted by molar-refractivity contribution is 6.21. The Morgan fingerprint density at radius 3 is 1.84 bits per heavy atom. The van der Waals surface area contributed by atoms with Gasteiger partial charge in [-0.2, -0.15) is 0 Å². The number of rotatable bonds is 3. The van der Waals surface area contributed by atoms with E-state index in [0.29, 0.717) is 12.2 Å². The van der Waals surface area contributed by atoms with Gasteiger partial charge in [0.1, 0.15) is 23.0 Å². The molecule has 2 aliphatic rings. The van der Waals surface area contributed by atoms with Crippen LogP contribution in [0, 0.1) is 5.92 Å². The average Bonchev–Trinajstić information content (AvgIpc) is 3.19. The summed E-state index contributed by atoms with van der Waals surface area (Å²) >= 11 is 0. The monoisotopic (exact) mass is 554 g/mol. The molecule has 43 heavy (non-hydrogen) atoms. The van der Waals surface area contributed by atoms with Crippen LogP contribution in [0.1, 0.15) is 12.5 Å². The predicted octanol–water partition coefficient (Wildman–Crippen LogP) is 10.9. The van der Waals surface area contributed by atoms with Crippen molar-refractivity contribution in [1.29, 1.82) is 0 Å². The first-order valence-electron chi connectivity index (χ1n) is 14.8. The topological polar surface area (TPSA) is 18.5 Å². The van der Waals surface area contributed by atoms with Crippen LogP contribution in [0.4, 0.5) is 0 Å². The van der Waals surface area contributed by atoms with E-state index in [-0.39, 0.29) is 5.92 Å². The third-order valence-corrected chi connectivity index (χ3v) is 8.62. The van der Waals surface area contributed by atoms with Crippen molar-refractivity contribution in [3.8, 4) is 39.1 Å². The maximum Gasteiger partial charge on any atom is 0.149 e. The molecule has 0 aromatic heterocycles. The molecule has 8 rings (SSSR count). The molecule has 0 aliphatic carbocycles. The Balaban J connectivity index is 1.32. The van der Waals surface area contributed by atoms with Crippen LogP contribution in [0.15, 0.2) is 157 Å². The molecule has 0 N–H and O–H groups in total. The second-order valence-corrected chi connectivity index (χ2v) is 11.4. The second kappa shape index (κ2) is 10.2. The van der Waals surface area contributed by atoms with E-state index in [2.05, 4.69) is 141 Å². The first kappa shape index (κ1) is 25.4. The maximum atomic E-state index is 6.43. The van der Waals surface area contributed by atoms with Crippen LogP contribution in [0.3, 0.4) is 0 Å². The molecule has 206 valence electrons. The number of ether oxygens (including phenoxy) is 2. The van der Waals surface area contributed by atoms with Crippen LogP contribution in [-0.2, 0) is 11.2 Å². The lowest BCUT2D eigenvalue weighted by atomic mass is 9.85. The fourth-order valence-electron chi connectivity index (χ4n) is 6.61. The van der Waals surface area contributed by atoms with Crippen LogP contribution >= 0.6 is 0 Å². The van der Waals surface area contributed by atoms with E-state index in [0.717, 1.165) is 22.8 Å². The van der Waals surface area contributed by atoms with Crippen molar-refractivity contribution in [2.45, 2.75) is 13.3 Å². The van der Waals surface area contributed by atoms with E-state index in [1.807, 2.05) is 6.08 Å². The van der Waals surface area contributed by atoms with Crippen molar-refractivity contribution in [3.05, 3.63) is 163 Å². The molecule has 2 heterocycles. The highest BCUT2D eigenvalue weighted by Crippen LogP contribution is 2.46. The molecule has 2 nitrogen and oxygen atoms in total. The summed E-state index contributed by atoms with van der Waals surface area (Å²) in [6.45, 7) is 6.17. The van der Waals surface area contributed by atoms with Gasteiger partial charge >= 0.3 is 0 Å². The standard InChI is InChI=1S/C41H30O2/c1-26-19-20-27(2)42-38-25-32-24-31(21-22-37(32)43-41(26)38)40-35-17-8-6-15-33(35)39(34-16-7-9-18-36(34)40)30-14-10-13-29(23-30)28-11-4-3-5-12-28/h3-24,26H,2,25H2,1H3/t26-/m0/s1. The molecule has 6 aromatic carbocycles. The van der Waals surface area contributed by atoms with Crippen LogP contribution in [0.5, 0.6) is 5.75 Å². The van der Waals surface area contributed by atoms with Gasteiger partial charge in [-0.15, -0.1) is 0 Å². The number of fused-ring (bicyclic) bond motifs is 3. The van der Waals surface area contributed by atoms with Crippen LogP contribution in [0.25, 0.3) is 54.9 Å². The lowest BCUT2D eigenvalue weighted by Crippen LogP contribution is -2.15. The molecule has 0 unspecified atom stereocenters. The molecule has 6 aromatic rings.